The Hall–Kier alpha value is -1.75. The number of hydrogen-bond donors (Lipinski definition) is 1. The first-order valence-electron chi connectivity index (χ1n) is 6.53. The van der Waals surface area contributed by atoms with Crippen molar-refractivity contribution in [2.45, 2.75) is 6.42 Å². The van der Waals surface area contributed by atoms with Gasteiger partial charge in [-0.15, -0.1) is 0 Å². The van der Waals surface area contributed by atoms with Gasteiger partial charge in [-0.2, -0.15) is 0 Å². The fraction of sp³-hybridized carbons (Fsp3) is 0.500. The van der Waals surface area contributed by atoms with E-state index in [4.69, 9.17) is 10.5 Å². The number of nitrogens with two attached hydrogens (primary N) is 1. The zero-order chi connectivity index (χ0) is 13.8. The van der Waals surface area contributed by atoms with E-state index in [1.807, 2.05) is 4.90 Å². The summed E-state index contributed by atoms with van der Waals surface area (Å²) in [5, 5.41) is 0. The maximum absolute atomic E-state index is 12.5. The molecule has 1 saturated heterocycles. The van der Waals surface area contributed by atoms with Crippen LogP contribution in [0.2, 0.25) is 0 Å². The molecule has 1 fully saturated rings. The van der Waals surface area contributed by atoms with E-state index < -0.39 is 0 Å². The summed E-state index contributed by atoms with van der Waals surface area (Å²) in [7, 11) is 3.63. The van der Waals surface area contributed by atoms with Crippen molar-refractivity contribution in [1.29, 1.82) is 0 Å². The quantitative estimate of drug-likeness (QED) is 0.810. The average molecular weight is 263 g/mol. The van der Waals surface area contributed by atoms with E-state index in [2.05, 4.69) is 11.9 Å². The molecule has 2 rings (SSSR count). The summed E-state index contributed by atoms with van der Waals surface area (Å²) in [5.41, 5.74) is 6.94. The Morgan fingerprint density at radius 1 is 1.26 bits per heavy atom. The van der Waals surface area contributed by atoms with Crippen LogP contribution in [0.3, 0.4) is 0 Å². The molecule has 0 atom stereocenters. The fourth-order valence-electron chi connectivity index (χ4n) is 2.33. The largest absolute Gasteiger partial charge is 0.495 e. The van der Waals surface area contributed by atoms with Gasteiger partial charge < -0.3 is 20.3 Å². The summed E-state index contributed by atoms with van der Waals surface area (Å²) in [6, 6.07) is 5.32. The van der Waals surface area contributed by atoms with Crippen LogP contribution in [0, 0.1) is 0 Å². The molecule has 2 N–H and O–H groups in total. The van der Waals surface area contributed by atoms with Gasteiger partial charge in [-0.1, -0.05) is 6.07 Å². The molecule has 5 heteroatoms. The summed E-state index contributed by atoms with van der Waals surface area (Å²) in [4.78, 5) is 16.6. The molecule has 104 valence electrons. The summed E-state index contributed by atoms with van der Waals surface area (Å²) in [5.74, 6) is 0.546. The van der Waals surface area contributed by atoms with Gasteiger partial charge in [0, 0.05) is 19.6 Å². The van der Waals surface area contributed by atoms with E-state index in [0.717, 1.165) is 32.6 Å². The van der Waals surface area contributed by atoms with Crippen molar-refractivity contribution >= 4 is 11.6 Å². The minimum absolute atomic E-state index is 0.00769. The molecule has 1 heterocycles. The highest BCUT2D eigenvalue weighted by Gasteiger charge is 2.21. The molecular weight excluding hydrogens is 242 g/mol. The van der Waals surface area contributed by atoms with Gasteiger partial charge in [-0.3, -0.25) is 4.79 Å². The molecule has 19 heavy (non-hydrogen) atoms. The van der Waals surface area contributed by atoms with Crippen molar-refractivity contribution in [3.8, 4) is 5.75 Å². The van der Waals surface area contributed by atoms with Crippen LogP contribution in [0.5, 0.6) is 5.75 Å². The van der Waals surface area contributed by atoms with Crippen LogP contribution < -0.4 is 10.5 Å². The Bertz CT molecular complexity index is 462. The van der Waals surface area contributed by atoms with E-state index >= 15 is 0 Å². The lowest BCUT2D eigenvalue weighted by molar-refractivity contribution is 0.0763. The topological polar surface area (TPSA) is 58.8 Å². The molecule has 0 aromatic heterocycles. The maximum Gasteiger partial charge on any atom is 0.256 e. The molecule has 5 nitrogen and oxygen atoms in total. The van der Waals surface area contributed by atoms with E-state index in [1.165, 1.54) is 0 Å². The number of carbonyl (C=O) groups excluding carboxylic acids is 1. The van der Waals surface area contributed by atoms with Crippen molar-refractivity contribution < 1.29 is 9.53 Å². The first kappa shape index (κ1) is 13.7. The number of methoxy groups -OCH3 is 1. The smallest absolute Gasteiger partial charge is 0.256 e. The third kappa shape index (κ3) is 2.98. The molecule has 1 aromatic carbocycles. The second kappa shape index (κ2) is 5.93. The highest BCUT2D eigenvalue weighted by molar-refractivity contribution is 6.00. The van der Waals surface area contributed by atoms with E-state index in [1.54, 1.807) is 25.3 Å². The van der Waals surface area contributed by atoms with Crippen LogP contribution in [-0.4, -0.2) is 56.0 Å². The molecule has 0 aliphatic carbocycles. The Labute approximate surface area is 113 Å². The minimum Gasteiger partial charge on any atom is -0.495 e. The zero-order valence-electron chi connectivity index (χ0n) is 11.6. The molecule has 1 aliphatic heterocycles. The van der Waals surface area contributed by atoms with Gasteiger partial charge in [-0.25, -0.2) is 0 Å². The van der Waals surface area contributed by atoms with E-state index in [0.29, 0.717) is 17.0 Å². The number of likely N-dealkylation sites (N-methyl/N-ethyl adjacent to an activating group) is 1. The predicted molar refractivity (Wildman–Crippen MR) is 75.4 cm³/mol. The van der Waals surface area contributed by atoms with E-state index in [9.17, 15) is 4.79 Å². The molecule has 0 bridgehead atoms. The van der Waals surface area contributed by atoms with Crippen molar-refractivity contribution in [3.05, 3.63) is 23.8 Å². The van der Waals surface area contributed by atoms with E-state index in [-0.39, 0.29) is 5.91 Å². The lowest BCUT2D eigenvalue weighted by atomic mass is 10.1. The molecule has 1 amide bonds. The number of hydrogen-bond acceptors (Lipinski definition) is 4. The molecule has 1 aromatic rings. The number of nitrogen functional groups attached to an aromatic ring is 1. The van der Waals surface area contributed by atoms with Crippen molar-refractivity contribution in [2.75, 3.05) is 46.1 Å². The van der Waals surface area contributed by atoms with Crippen LogP contribution in [0.1, 0.15) is 16.8 Å². The Morgan fingerprint density at radius 2 is 2.05 bits per heavy atom. The van der Waals surface area contributed by atoms with Crippen LogP contribution >= 0.6 is 0 Å². The SMILES string of the molecule is COc1cccc(C(=O)N2CCCN(C)CC2)c1N. The molecule has 0 spiro atoms. The number of ether oxygens (including phenoxy) is 1. The number of carbonyl (C=O) groups is 1. The molecule has 0 saturated carbocycles. The Kier molecular flexibility index (Phi) is 4.27. The number of nitrogens with zero attached hydrogens (tertiary/aromatic N) is 2. The third-order valence-electron chi connectivity index (χ3n) is 3.52. The first-order chi connectivity index (χ1) is 9.13. The van der Waals surface area contributed by atoms with Gasteiger partial charge >= 0.3 is 0 Å². The second-order valence-electron chi connectivity index (χ2n) is 4.87. The van der Waals surface area contributed by atoms with Crippen LogP contribution in [0.15, 0.2) is 18.2 Å². The highest BCUT2D eigenvalue weighted by Crippen LogP contribution is 2.26. The fourth-order valence-corrected chi connectivity index (χ4v) is 2.33. The summed E-state index contributed by atoms with van der Waals surface area (Å²) < 4.78 is 5.16. The van der Waals surface area contributed by atoms with Gasteiger partial charge in [-0.05, 0) is 32.1 Å². The number of anilines is 1. The number of para-hydroxylation sites is 1. The van der Waals surface area contributed by atoms with Crippen LogP contribution in [-0.2, 0) is 0 Å². The van der Waals surface area contributed by atoms with Crippen molar-refractivity contribution in [2.24, 2.45) is 0 Å². The Morgan fingerprint density at radius 3 is 2.79 bits per heavy atom. The Balaban J connectivity index is 2.19. The molecular formula is C14H21N3O2. The number of benzene rings is 1. The van der Waals surface area contributed by atoms with Crippen LogP contribution in [0.25, 0.3) is 0 Å². The number of rotatable bonds is 2. The maximum atomic E-state index is 12.5. The monoisotopic (exact) mass is 263 g/mol. The minimum atomic E-state index is -0.00769. The van der Waals surface area contributed by atoms with Crippen molar-refractivity contribution in [1.82, 2.24) is 9.80 Å². The summed E-state index contributed by atoms with van der Waals surface area (Å²) in [6.07, 6.45) is 0.992. The standard InChI is InChI=1S/C14H21N3O2/c1-16-7-4-8-17(10-9-16)14(18)11-5-3-6-12(19-2)13(11)15/h3,5-6H,4,7-10,15H2,1-2H3. The van der Waals surface area contributed by atoms with Gasteiger partial charge in [0.05, 0.1) is 18.4 Å². The third-order valence-corrected chi connectivity index (χ3v) is 3.52. The first-order valence-corrected chi connectivity index (χ1v) is 6.53. The lowest BCUT2D eigenvalue weighted by Gasteiger charge is -2.21. The summed E-state index contributed by atoms with van der Waals surface area (Å²) >= 11 is 0. The normalized spacial score (nSPS) is 17.1. The summed E-state index contributed by atoms with van der Waals surface area (Å²) in [6.45, 7) is 3.44. The number of amides is 1. The van der Waals surface area contributed by atoms with Crippen molar-refractivity contribution in [3.63, 3.8) is 0 Å². The zero-order valence-corrected chi connectivity index (χ0v) is 11.6. The van der Waals surface area contributed by atoms with Crippen LogP contribution in [0.4, 0.5) is 5.69 Å². The van der Waals surface area contributed by atoms with Gasteiger partial charge in [0.25, 0.3) is 5.91 Å². The second-order valence-corrected chi connectivity index (χ2v) is 4.87. The molecule has 0 radical (unpaired) electrons. The lowest BCUT2D eigenvalue weighted by Crippen LogP contribution is -2.34. The van der Waals surface area contributed by atoms with Gasteiger partial charge in [0.1, 0.15) is 5.75 Å². The molecule has 0 unspecified atom stereocenters. The van der Waals surface area contributed by atoms with Gasteiger partial charge in [0.2, 0.25) is 0 Å². The van der Waals surface area contributed by atoms with Gasteiger partial charge in [0.15, 0.2) is 0 Å². The highest BCUT2D eigenvalue weighted by atomic mass is 16.5. The predicted octanol–water partition coefficient (Wildman–Crippen LogP) is 1.06. The average Bonchev–Trinajstić information content (AvgIpc) is 2.63. The molecule has 1 aliphatic rings.